The zero-order valence-corrected chi connectivity index (χ0v) is 19.4. The van der Waals surface area contributed by atoms with Crippen LogP contribution in [-0.4, -0.2) is 22.7 Å². The van der Waals surface area contributed by atoms with Crippen LogP contribution in [0.5, 0.6) is 11.5 Å². The van der Waals surface area contributed by atoms with Gasteiger partial charge in [0.05, 0.1) is 11.3 Å². The maximum absolute atomic E-state index is 12.5. The molecule has 0 atom stereocenters. The van der Waals surface area contributed by atoms with E-state index in [0.29, 0.717) is 28.7 Å². The summed E-state index contributed by atoms with van der Waals surface area (Å²) in [7, 11) is 0. The van der Waals surface area contributed by atoms with Crippen LogP contribution in [0.4, 0.5) is 5.69 Å². The van der Waals surface area contributed by atoms with E-state index < -0.39 is 0 Å². The van der Waals surface area contributed by atoms with Crippen LogP contribution in [-0.2, 0) is 16.8 Å². The maximum atomic E-state index is 12.5. The summed E-state index contributed by atoms with van der Waals surface area (Å²) in [5.74, 6) is 1.76. The summed E-state index contributed by atoms with van der Waals surface area (Å²) in [6, 6.07) is 24.4. The lowest BCUT2D eigenvalue weighted by atomic mass is 9.87. The Morgan fingerprint density at radius 2 is 1.56 bits per heavy atom. The molecule has 0 bridgehead atoms. The van der Waals surface area contributed by atoms with Crippen LogP contribution in [0.15, 0.2) is 83.4 Å². The number of carbonyl (C=O) groups is 1. The Kier molecular flexibility index (Phi) is 6.92. The second-order valence-electron chi connectivity index (χ2n) is 8.77. The highest BCUT2D eigenvalue weighted by Crippen LogP contribution is 2.27. The minimum absolute atomic E-state index is 0.0574. The van der Waals surface area contributed by atoms with Crippen molar-refractivity contribution >= 4 is 11.6 Å². The number of hydrogen-bond donors (Lipinski definition) is 1. The molecule has 4 aromatic rings. The molecule has 1 heterocycles. The third-order valence-electron chi connectivity index (χ3n) is 5.10. The molecule has 0 aliphatic heterocycles. The molecule has 7 heteroatoms. The quantitative estimate of drug-likeness (QED) is 0.369. The van der Waals surface area contributed by atoms with Gasteiger partial charge in [0.15, 0.2) is 13.2 Å². The minimum Gasteiger partial charge on any atom is -0.485 e. The number of para-hydroxylation sites is 2. The van der Waals surface area contributed by atoms with Crippen LogP contribution in [0.2, 0.25) is 0 Å². The Morgan fingerprint density at radius 1 is 0.882 bits per heavy atom. The number of ether oxygens (including phenoxy) is 2. The number of carbonyl (C=O) groups excluding carboxylic acids is 1. The second-order valence-corrected chi connectivity index (χ2v) is 8.77. The summed E-state index contributed by atoms with van der Waals surface area (Å²) in [6.45, 7) is 6.50. The molecule has 1 aromatic heterocycles. The van der Waals surface area contributed by atoms with Gasteiger partial charge < -0.3 is 19.3 Å². The molecule has 7 nitrogen and oxygen atoms in total. The molecule has 1 amide bonds. The standard InChI is InChI=1S/C27H27N3O4/c1-27(2,3)19-13-15-21(16-14-19)33-18-25(31)28-23-12-8-7-11-22(23)26-29-24(30-34-26)17-32-20-9-5-4-6-10-20/h4-16H,17-18H2,1-3H3,(H,28,31). The highest BCUT2D eigenvalue weighted by molar-refractivity contribution is 5.95. The second kappa shape index (κ2) is 10.2. The lowest BCUT2D eigenvalue weighted by Gasteiger charge is -2.19. The smallest absolute Gasteiger partial charge is 0.262 e. The van der Waals surface area contributed by atoms with Crippen molar-refractivity contribution in [3.63, 3.8) is 0 Å². The predicted molar refractivity (Wildman–Crippen MR) is 130 cm³/mol. The molecule has 1 N–H and O–H groups in total. The van der Waals surface area contributed by atoms with Crippen LogP contribution in [0.3, 0.4) is 0 Å². The van der Waals surface area contributed by atoms with Gasteiger partial charge >= 0.3 is 0 Å². The number of rotatable bonds is 8. The van der Waals surface area contributed by atoms with Gasteiger partial charge in [-0.05, 0) is 47.4 Å². The molecule has 4 rings (SSSR count). The van der Waals surface area contributed by atoms with Crippen LogP contribution in [0, 0.1) is 0 Å². The highest BCUT2D eigenvalue weighted by atomic mass is 16.5. The summed E-state index contributed by atoms with van der Waals surface area (Å²) < 4.78 is 16.7. The molecule has 0 saturated carbocycles. The Hall–Kier alpha value is -4.13. The summed E-state index contributed by atoms with van der Waals surface area (Å²) in [5.41, 5.74) is 2.43. The molecule has 0 spiro atoms. The lowest BCUT2D eigenvalue weighted by Crippen LogP contribution is -2.20. The van der Waals surface area contributed by atoms with E-state index in [0.717, 1.165) is 5.75 Å². The van der Waals surface area contributed by atoms with E-state index in [-0.39, 0.29) is 24.5 Å². The van der Waals surface area contributed by atoms with Crippen molar-refractivity contribution in [3.8, 4) is 23.0 Å². The van der Waals surface area contributed by atoms with Gasteiger partial charge in [-0.1, -0.05) is 68.4 Å². The first kappa shape index (κ1) is 23.0. The topological polar surface area (TPSA) is 86.5 Å². The Balaban J connectivity index is 1.37. The minimum atomic E-state index is -0.292. The van der Waals surface area contributed by atoms with Crippen molar-refractivity contribution in [1.29, 1.82) is 0 Å². The highest BCUT2D eigenvalue weighted by Gasteiger charge is 2.16. The van der Waals surface area contributed by atoms with Gasteiger partial charge in [0.1, 0.15) is 11.5 Å². The van der Waals surface area contributed by atoms with Crippen molar-refractivity contribution < 1.29 is 18.8 Å². The van der Waals surface area contributed by atoms with Gasteiger partial charge in [0.25, 0.3) is 11.8 Å². The van der Waals surface area contributed by atoms with E-state index >= 15 is 0 Å². The molecule has 3 aromatic carbocycles. The van der Waals surface area contributed by atoms with Crippen molar-refractivity contribution in [2.75, 3.05) is 11.9 Å². The SMILES string of the molecule is CC(C)(C)c1ccc(OCC(=O)Nc2ccccc2-c2nc(COc3ccccc3)no2)cc1. The molecule has 0 radical (unpaired) electrons. The zero-order chi connectivity index (χ0) is 24.0. The van der Waals surface area contributed by atoms with Crippen LogP contribution in [0.25, 0.3) is 11.5 Å². The van der Waals surface area contributed by atoms with Crippen LogP contribution < -0.4 is 14.8 Å². The summed E-state index contributed by atoms with van der Waals surface area (Å²) >= 11 is 0. The molecule has 0 saturated heterocycles. The Labute approximate surface area is 198 Å². The summed E-state index contributed by atoms with van der Waals surface area (Å²) in [6.07, 6.45) is 0. The van der Waals surface area contributed by atoms with Gasteiger partial charge in [0.2, 0.25) is 5.82 Å². The molecule has 0 fully saturated rings. The van der Waals surface area contributed by atoms with Crippen molar-refractivity contribution in [2.45, 2.75) is 32.8 Å². The van der Waals surface area contributed by atoms with Gasteiger partial charge in [-0.15, -0.1) is 0 Å². The molecule has 174 valence electrons. The van der Waals surface area contributed by atoms with Crippen LogP contribution in [0.1, 0.15) is 32.2 Å². The van der Waals surface area contributed by atoms with Gasteiger partial charge in [-0.3, -0.25) is 4.79 Å². The third kappa shape index (κ3) is 6.01. The molecule has 0 unspecified atom stereocenters. The average molecular weight is 458 g/mol. The summed E-state index contributed by atoms with van der Waals surface area (Å²) in [4.78, 5) is 16.9. The summed E-state index contributed by atoms with van der Waals surface area (Å²) in [5, 5.41) is 6.84. The first-order valence-corrected chi connectivity index (χ1v) is 11.0. The number of hydrogen-bond acceptors (Lipinski definition) is 6. The lowest BCUT2D eigenvalue weighted by molar-refractivity contribution is -0.118. The van der Waals surface area contributed by atoms with E-state index in [2.05, 4.69) is 36.2 Å². The molecule has 0 aliphatic rings. The predicted octanol–water partition coefficient (Wildman–Crippen LogP) is 5.63. The van der Waals surface area contributed by atoms with E-state index in [9.17, 15) is 4.79 Å². The fourth-order valence-electron chi connectivity index (χ4n) is 3.25. The van der Waals surface area contributed by atoms with Crippen molar-refractivity contribution in [1.82, 2.24) is 10.1 Å². The number of benzene rings is 3. The van der Waals surface area contributed by atoms with Gasteiger partial charge in [0, 0.05) is 0 Å². The first-order valence-electron chi connectivity index (χ1n) is 11.0. The van der Waals surface area contributed by atoms with Gasteiger partial charge in [-0.25, -0.2) is 0 Å². The number of amides is 1. The largest absolute Gasteiger partial charge is 0.485 e. The average Bonchev–Trinajstić information content (AvgIpc) is 3.31. The number of anilines is 1. The van der Waals surface area contributed by atoms with Gasteiger partial charge in [-0.2, -0.15) is 4.98 Å². The third-order valence-corrected chi connectivity index (χ3v) is 5.10. The Morgan fingerprint density at radius 3 is 2.29 bits per heavy atom. The van der Waals surface area contributed by atoms with Crippen LogP contribution >= 0.6 is 0 Å². The monoisotopic (exact) mass is 457 g/mol. The molecule has 34 heavy (non-hydrogen) atoms. The van der Waals surface area contributed by atoms with E-state index in [1.165, 1.54) is 5.56 Å². The fraction of sp³-hybridized carbons (Fsp3) is 0.222. The normalized spacial score (nSPS) is 11.1. The molecule has 0 aliphatic carbocycles. The Bertz CT molecular complexity index is 1230. The fourth-order valence-corrected chi connectivity index (χ4v) is 3.25. The number of aromatic nitrogens is 2. The van der Waals surface area contributed by atoms with Crippen molar-refractivity contribution in [2.24, 2.45) is 0 Å². The van der Waals surface area contributed by atoms with E-state index in [1.54, 1.807) is 12.1 Å². The van der Waals surface area contributed by atoms with Crippen molar-refractivity contribution in [3.05, 3.63) is 90.3 Å². The number of nitrogens with one attached hydrogen (secondary N) is 1. The van der Waals surface area contributed by atoms with E-state index in [4.69, 9.17) is 14.0 Å². The molecular weight excluding hydrogens is 430 g/mol. The molecular formula is C27H27N3O4. The van der Waals surface area contributed by atoms with E-state index in [1.807, 2.05) is 66.7 Å². The maximum Gasteiger partial charge on any atom is 0.262 e. The first-order chi connectivity index (χ1) is 16.4. The number of nitrogens with zero attached hydrogens (tertiary/aromatic N) is 2. The zero-order valence-electron chi connectivity index (χ0n) is 19.4.